The highest BCUT2D eigenvalue weighted by molar-refractivity contribution is 6.00. The lowest BCUT2D eigenvalue weighted by Gasteiger charge is -2.32. The number of nitrogen functional groups attached to an aromatic ring is 1. The van der Waals surface area contributed by atoms with Gasteiger partial charge in [0, 0.05) is 18.3 Å². The second-order valence-corrected chi connectivity index (χ2v) is 8.51. The maximum absolute atomic E-state index is 12.1. The number of nitrogens with two attached hydrogens (primary N) is 1. The van der Waals surface area contributed by atoms with Crippen molar-refractivity contribution in [2.75, 3.05) is 18.8 Å². The Hall–Kier alpha value is -3.13. The summed E-state index contributed by atoms with van der Waals surface area (Å²) < 4.78 is 7.41. The van der Waals surface area contributed by atoms with Crippen molar-refractivity contribution in [3.63, 3.8) is 0 Å². The number of piperidine rings is 1. The zero-order valence-electron chi connectivity index (χ0n) is 17.5. The lowest BCUT2D eigenvalue weighted by molar-refractivity contribution is -0.157. The van der Waals surface area contributed by atoms with Gasteiger partial charge in [-0.1, -0.05) is 30.3 Å². The molecule has 0 spiro atoms. The van der Waals surface area contributed by atoms with Crippen molar-refractivity contribution in [3.05, 3.63) is 42.9 Å². The van der Waals surface area contributed by atoms with Crippen LogP contribution < -0.4 is 5.73 Å². The molecule has 0 aliphatic carbocycles. The molecule has 30 heavy (non-hydrogen) atoms. The number of carbonyl (C=O) groups is 1. The average molecular weight is 409 g/mol. The molecular formula is C22H27N5O3. The van der Waals surface area contributed by atoms with Crippen LogP contribution in [0.15, 0.2) is 42.9 Å². The Morgan fingerprint density at radius 3 is 2.70 bits per heavy atom. The molecule has 3 heterocycles. The molecule has 2 N–H and O–H groups in total. The highest BCUT2D eigenvalue weighted by atomic mass is 16.8. The molecule has 8 heteroatoms. The first kappa shape index (κ1) is 20.2. The van der Waals surface area contributed by atoms with E-state index in [1.54, 1.807) is 5.06 Å². The summed E-state index contributed by atoms with van der Waals surface area (Å²) in [6.45, 7) is 6.65. The summed E-state index contributed by atoms with van der Waals surface area (Å²) in [5.74, 6) is 0.454. The molecular weight excluding hydrogens is 382 g/mol. The second-order valence-electron chi connectivity index (χ2n) is 8.51. The highest BCUT2D eigenvalue weighted by Gasteiger charge is 2.28. The molecule has 8 nitrogen and oxygen atoms in total. The fraction of sp³-hybridized carbons (Fsp3) is 0.409. The number of hydrogen-bond acceptors (Lipinski definition) is 7. The van der Waals surface area contributed by atoms with E-state index in [-0.39, 0.29) is 6.04 Å². The Bertz CT molecular complexity index is 1040. The lowest BCUT2D eigenvalue weighted by Crippen LogP contribution is -2.39. The molecule has 1 aromatic carbocycles. The zero-order chi connectivity index (χ0) is 21.3. The molecule has 0 radical (unpaired) electrons. The number of carbonyl (C=O) groups excluding carboxylic acids is 1. The highest BCUT2D eigenvalue weighted by Crippen LogP contribution is 2.36. The van der Waals surface area contributed by atoms with Crippen LogP contribution in [0.25, 0.3) is 22.2 Å². The van der Waals surface area contributed by atoms with Crippen LogP contribution >= 0.6 is 0 Å². The summed E-state index contributed by atoms with van der Waals surface area (Å²) in [5.41, 5.74) is 8.47. The number of nitrogens with zero attached hydrogens (tertiary/aromatic N) is 4. The van der Waals surface area contributed by atoms with Crippen molar-refractivity contribution in [3.8, 4) is 11.1 Å². The number of hydroxylamine groups is 2. The van der Waals surface area contributed by atoms with Gasteiger partial charge in [0.05, 0.1) is 18.0 Å². The Morgan fingerprint density at radius 1 is 1.20 bits per heavy atom. The summed E-state index contributed by atoms with van der Waals surface area (Å²) in [6, 6.07) is 10.1. The number of hydrogen-bond donors (Lipinski definition) is 1. The molecule has 4 rings (SSSR count). The molecule has 3 aromatic rings. The largest absolute Gasteiger partial charge is 0.528 e. The van der Waals surface area contributed by atoms with E-state index in [4.69, 9.17) is 15.3 Å². The molecule has 1 unspecified atom stereocenters. The van der Waals surface area contributed by atoms with Crippen LogP contribution in [0.2, 0.25) is 0 Å². The molecule has 1 aliphatic rings. The van der Waals surface area contributed by atoms with Crippen LogP contribution in [0.1, 0.15) is 39.7 Å². The predicted molar refractivity (Wildman–Crippen MR) is 115 cm³/mol. The summed E-state index contributed by atoms with van der Waals surface area (Å²) in [6.07, 6.45) is 4.70. The first-order valence-corrected chi connectivity index (χ1v) is 10.1. The van der Waals surface area contributed by atoms with Gasteiger partial charge in [-0.25, -0.2) is 14.8 Å². The van der Waals surface area contributed by atoms with Gasteiger partial charge in [-0.05, 0) is 39.2 Å². The molecule has 1 fully saturated rings. The van der Waals surface area contributed by atoms with Gasteiger partial charge in [0.1, 0.15) is 23.4 Å². The van der Waals surface area contributed by atoms with E-state index < -0.39 is 11.8 Å². The number of aromatic nitrogens is 3. The third kappa shape index (κ3) is 4.23. The average Bonchev–Trinajstić information content (AvgIpc) is 3.08. The van der Waals surface area contributed by atoms with E-state index in [0.29, 0.717) is 18.9 Å². The van der Waals surface area contributed by atoms with Crippen molar-refractivity contribution in [1.82, 2.24) is 19.6 Å². The maximum atomic E-state index is 12.1. The first-order valence-electron chi connectivity index (χ1n) is 10.1. The third-order valence-corrected chi connectivity index (χ3v) is 5.07. The standard InChI is InChI=1S/C22H27N5O3/c1-22(2,3)29-21(28)30-26-11-7-10-16(12-26)27-13-17(15-8-5-4-6-9-15)18-19(23)24-14-25-20(18)27/h4-6,8-9,13-14,16H,7,10-12H2,1-3H3,(H2,23,24,25). The number of fused-ring (bicyclic) bond motifs is 1. The van der Waals surface area contributed by atoms with Gasteiger partial charge in [-0.2, -0.15) is 0 Å². The number of rotatable bonds is 3. The summed E-state index contributed by atoms with van der Waals surface area (Å²) in [5, 5.41) is 2.51. The van der Waals surface area contributed by atoms with Gasteiger partial charge in [-0.15, -0.1) is 5.06 Å². The van der Waals surface area contributed by atoms with Crippen molar-refractivity contribution in [1.29, 1.82) is 0 Å². The van der Waals surface area contributed by atoms with Crippen molar-refractivity contribution < 1.29 is 14.4 Å². The van der Waals surface area contributed by atoms with Crippen LogP contribution in [0.3, 0.4) is 0 Å². The Morgan fingerprint density at radius 2 is 1.97 bits per heavy atom. The van der Waals surface area contributed by atoms with Crippen molar-refractivity contribution >= 4 is 23.0 Å². The monoisotopic (exact) mass is 409 g/mol. The topological polar surface area (TPSA) is 95.5 Å². The van der Waals surface area contributed by atoms with Crippen molar-refractivity contribution in [2.24, 2.45) is 0 Å². The van der Waals surface area contributed by atoms with E-state index in [1.165, 1.54) is 6.33 Å². The minimum Gasteiger partial charge on any atom is -0.427 e. The Kier molecular flexibility index (Phi) is 5.34. The Balaban J connectivity index is 1.63. The van der Waals surface area contributed by atoms with Gasteiger partial charge in [0.15, 0.2) is 0 Å². The van der Waals surface area contributed by atoms with E-state index >= 15 is 0 Å². The van der Waals surface area contributed by atoms with E-state index in [2.05, 4.69) is 20.7 Å². The van der Waals surface area contributed by atoms with E-state index in [1.807, 2.05) is 51.1 Å². The van der Waals surface area contributed by atoms with Crippen LogP contribution in [0, 0.1) is 0 Å². The van der Waals surface area contributed by atoms with Gasteiger partial charge in [0.2, 0.25) is 0 Å². The van der Waals surface area contributed by atoms with E-state index in [0.717, 1.165) is 35.0 Å². The molecule has 2 aromatic heterocycles. The van der Waals surface area contributed by atoms with Crippen LogP contribution in [0.5, 0.6) is 0 Å². The summed E-state index contributed by atoms with van der Waals surface area (Å²) in [7, 11) is 0. The smallest absolute Gasteiger partial charge is 0.427 e. The minimum absolute atomic E-state index is 0.0791. The van der Waals surface area contributed by atoms with E-state index in [9.17, 15) is 4.79 Å². The Labute approximate surface area is 175 Å². The fourth-order valence-corrected chi connectivity index (χ4v) is 3.83. The molecule has 0 saturated carbocycles. The van der Waals surface area contributed by atoms with Crippen LogP contribution in [-0.2, 0) is 9.57 Å². The van der Waals surface area contributed by atoms with Gasteiger partial charge >= 0.3 is 6.16 Å². The molecule has 1 saturated heterocycles. The van der Waals surface area contributed by atoms with Crippen molar-refractivity contribution in [2.45, 2.75) is 45.3 Å². The minimum atomic E-state index is -0.683. The number of ether oxygens (including phenoxy) is 1. The summed E-state index contributed by atoms with van der Waals surface area (Å²) in [4.78, 5) is 26.2. The van der Waals surface area contributed by atoms with Gasteiger partial charge in [0.25, 0.3) is 0 Å². The second kappa shape index (κ2) is 7.95. The maximum Gasteiger partial charge on any atom is 0.528 e. The predicted octanol–water partition coefficient (Wildman–Crippen LogP) is 4.18. The molecule has 1 aliphatic heterocycles. The third-order valence-electron chi connectivity index (χ3n) is 5.07. The molecule has 0 amide bonds. The quantitative estimate of drug-likeness (QED) is 0.648. The summed E-state index contributed by atoms with van der Waals surface area (Å²) >= 11 is 0. The molecule has 158 valence electrons. The normalized spacial score (nSPS) is 17.8. The zero-order valence-corrected chi connectivity index (χ0v) is 17.5. The fourth-order valence-electron chi connectivity index (χ4n) is 3.83. The lowest BCUT2D eigenvalue weighted by atomic mass is 10.1. The van der Waals surface area contributed by atoms with Gasteiger partial charge in [-0.3, -0.25) is 0 Å². The molecule has 1 atom stereocenters. The first-order chi connectivity index (χ1) is 14.3. The van der Waals surface area contributed by atoms with Crippen LogP contribution in [-0.4, -0.2) is 44.4 Å². The number of benzene rings is 1. The van der Waals surface area contributed by atoms with Gasteiger partial charge < -0.3 is 19.9 Å². The number of anilines is 1. The SMILES string of the molecule is CC(C)(C)OC(=O)ON1CCCC(n2cc(-c3ccccc3)c3c(N)ncnc32)C1. The van der Waals surface area contributed by atoms with Crippen LogP contribution in [0.4, 0.5) is 10.6 Å². The molecule has 0 bridgehead atoms.